The molecule has 0 unspecified atom stereocenters. The Hall–Kier alpha value is -5.10. The number of hydrogen-bond donors (Lipinski definition) is 4. The van der Waals surface area contributed by atoms with Crippen molar-refractivity contribution < 1.29 is 46.1 Å². The monoisotopic (exact) mass is 1200 g/mol. The lowest BCUT2D eigenvalue weighted by molar-refractivity contribution is 0.0175. The van der Waals surface area contributed by atoms with Gasteiger partial charge in [0, 0.05) is 58.2 Å². The van der Waals surface area contributed by atoms with Crippen LogP contribution in [-0.4, -0.2) is 100.0 Å². The first-order valence-electron chi connectivity index (χ1n) is 29.4. The summed E-state index contributed by atoms with van der Waals surface area (Å²) in [5.74, 6) is 1.00. The molecule has 8 atom stereocenters. The number of aliphatic hydroxyl groups is 2. The van der Waals surface area contributed by atoms with Crippen LogP contribution in [0.15, 0.2) is 97.1 Å². The minimum absolute atomic E-state index is 0.164. The lowest BCUT2D eigenvalue weighted by Crippen LogP contribution is -2.49. The Kier molecular flexibility index (Phi) is 16.3. The minimum atomic E-state index is -3.98. The predicted octanol–water partition coefficient (Wildman–Crippen LogP) is 10.8. The summed E-state index contributed by atoms with van der Waals surface area (Å²) >= 11 is 12.8. The summed E-state index contributed by atoms with van der Waals surface area (Å²) < 4.78 is 68.2. The molecule has 18 heteroatoms. The van der Waals surface area contributed by atoms with Crippen molar-refractivity contribution in [3.05, 3.63) is 141 Å². The fraction of sp³-hybridized carbons (Fsp3) is 0.531. The molecule has 0 aromatic heterocycles. The quantitative estimate of drug-likeness (QED) is 0.122. The molecule has 4 aromatic rings. The van der Waals surface area contributed by atoms with Crippen molar-refractivity contribution in [1.29, 1.82) is 0 Å². The third-order valence-corrected chi connectivity index (χ3v) is 24.3. The maximum Gasteiger partial charge on any atom is 0.264 e. The second kappa shape index (κ2) is 22.7. The molecule has 2 amide bonds. The van der Waals surface area contributed by atoms with E-state index in [-0.39, 0.29) is 46.6 Å². The van der Waals surface area contributed by atoms with Gasteiger partial charge in [0.1, 0.15) is 11.5 Å². The number of allylic oxidation sites excluding steroid dienone is 2. The molecule has 14 nitrogen and oxygen atoms in total. The van der Waals surface area contributed by atoms with Crippen molar-refractivity contribution in [2.45, 2.75) is 150 Å². The number of fused-ring (bicyclic) bond motifs is 8. The molecule has 2 saturated carbocycles. The summed E-state index contributed by atoms with van der Waals surface area (Å²) in [6.45, 7) is 10.3. The fourth-order valence-corrected chi connectivity index (χ4v) is 16.4. The topological polar surface area (TPSA) is 192 Å². The molecule has 0 radical (unpaired) electrons. The summed E-state index contributed by atoms with van der Waals surface area (Å²) in [6.07, 6.45) is 17.7. The van der Waals surface area contributed by atoms with Gasteiger partial charge in [-0.05, 0) is 224 Å². The standard InChI is InChI=1S/2C32H39ClN2O5S/c2*1-31(2)14-4-3-7-28(36)25-11-8-23(25)18-35-19-32(15-5-6-21-16-24(33)10-12-26(21)32)20-40-29-13-9-22(17-27(29)35)30(37)34-41(31,38)39/h2*3-4,9-10,12-13,16-17,23,25,28,36H,5-8,11,14-15,18-20H2,1-2H3,(H,34,37)/b4-3+;4-3-/t2*23-,25+,28-,32-/m00/s1. The van der Waals surface area contributed by atoms with E-state index in [9.17, 15) is 36.6 Å². The summed E-state index contributed by atoms with van der Waals surface area (Å²) in [5.41, 5.74) is 6.65. The zero-order valence-corrected chi connectivity index (χ0v) is 50.6. The number of nitrogens with zero attached hydrogens (tertiary/aromatic N) is 2. The number of sulfonamides is 2. The number of anilines is 2. The smallest absolute Gasteiger partial charge is 0.264 e. The van der Waals surface area contributed by atoms with Crippen molar-refractivity contribution in [3.8, 4) is 11.5 Å². The Bertz CT molecular complexity index is 3200. The van der Waals surface area contributed by atoms with E-state index in [0.717, 1.165) is 98.7 Å². The van der Waals surface area contributed by atoms with Crippen LogP contribution in [0.5, 0.6) is 11.5 Å². The van der Waals surface area contributed by atoms with Gasteiger partial charge in [-0.15, -0.1) is 0 Å². The Morgan fingerprint density at radius 1 is 0.561 bits per heavy atom. The molecule has 0 saturated heterocycles. The maximum atomic E-state index is 13.3. The van der Waals surface area contributed by atoms with Gasteiger partial charge in [-0.25, -0.2) is 26.3 Å². The molecule has 4 aliphatic carbocycles. The molecule has 4 bridgehead atoms. The molecular formula is C64H78Cl2N4O10S2. The Morgan fingerprint density at radius 2 is 0.976 bits per heavy atom. The molecule has 4 aromatic carbocycles. The SMILES string of the molecule is CC1(C)C/C=C/C[C@H](O)[C@@H]2CC[C@H]2CN2C[C@@]3(CCCc4cc(Cl)ccc43)COc3ccc(cc32)C(=O)NS1(=O)=O.CC1(C)C/C=C\C[C@H](O)[C@@H]2CC[C@H]2CN2C[C@@]3(CCCc4cc(Cl)ccc43)COc3ccc(cc32)C(=O)NS1(=O)=O. The highest BCUT2D eigenvalue weighted by atomic mass is 35.5. The summed E-state index contributed by atoms with van der Waals surface area (Å²) in [5, 5.41) is 23.7. The van der Waals surface area contributed by atoms with Gasteiger partial charge in [0.2, 0.25) is 20.0 Å². The van der Waals surface area contributed by atoms with E-state index in [1.807, 2.05) is 36.4 Å². The molecule has 4 heterocycles. The van der Waals surface area contributed by atoms with Gasteiger partial charge in [-0.3, -0.25) is 9.59 Å². The van der Waals surface area contributed by atoms with E-state index in [1.54, 1.807) is 64.1 Å². The third-order valence-electron chi connectivity index (χ3n) is 19.7. The molecule has 4 aliphatic heterocycles. The lowest BCUT2D eigenvalue weighted by atomic mass is 9.68. The first-order chi connectivity index (χ1) is 39.0. The fourth-order valence-electron chi connectivity index (χ4n) is 14.1. The zero-order valence-electron chi connectivity index (χ0n) is 47.5. The van der Waals surface area contributed by atoms with Crippen LogP contribution in [0.25, 0.3) is 0 Å². The van der Waals surface area contributed by atoms with Crippen LogP contribution in [0.3, 0.4) is 0 Å². The van der Waals surface area contributed by atoms with Crippen LogP contribution in [0.4, 0.5) is 11.4 Å². The molecule has 82 heavy (non-hydrogen) atoms. The largest absolute Gasteiger partial charge is 0.490 e. The number of benzene rings is 4. The van der Waals surface area contributed by atoms with Crippen molar-refractivity contribution in [3.63, 3.8) is 0 Å². The van der Waals surface area contributed by atoms with Gasteiger partial charge < -0.3 is 29.5 Å². The average Bonchev–Trinajstić information content (AvgIpc) is 3.72. The summed E-state index contributed by atoms with van der Waals surface area (Å²) in [4.78, 5) is 31.3. The van der Waals surface area contributed by atoms with E-state index in [1.165, 1.54) is 22.3 Å². The van der Waals surface area contributed by atoms with Gasteiger partial charge >= 0.3 is 0 Å². The van der Waals surface area contributed by atoms with Gasteiger partial charge in [-0.1, -0.05) is 59.6 Å². The van der Waals surface area contributed by atoms with Crippen LogP contribution in [-0.2, 0) is 43.7 Å². The Labute approximate surface area is 494 Å². The van der Waals surface area contributed by atoms with Crippen LogP contribution in [0.2, 0.25) is 10.0 Å². The van der Waals surface area contributed by atoms with Crippen molar-refractivity contribution in [2.75, 3.05) is 49.2 Å². The predicted molar refractivity (Wildman–Crippen MR) is 323 cm³/mol. The number of aliphatic hydroxyl groups excluding tert-OH is 2. The first-order valence-corrected chi connectivity index (χ1v) is 33.1. The van der Waals surface area contributed by atoms with Crippen LogP contribution < -0.4 is 28.7 Å². The highest BCUT2D eigenvalue weighted by Gasteiger charge is 2.47. The van der Waals surface area contributed by atoms with Crippen LogP contribution >= 0.6 is 23.2 Å². The number of hydrogen-bond acceptors (Lipinski definition) is 12. The van der Waals surface area contributed by atoms with E-state index in [4.69, 9.17) is 32.7 Å². The van der Waals surface area contributed by atoms with Crippen molar-refractivity contribution in [2.24, 2.45) is 23.7 Å². The molecule has 2 fully saturated rings. The number of aryl methyl sites for hydroxylation is 2. The number of carbonyl (C=O) groups excluding carboxylic acids is 2. The normalized spacial score (nSPS) is 31.5. The van der Waals surface area contributed by atoms with Gasteiger partial charge in [0.15, 0.2) is 0 Å². The number of halogens is 2. The summed E-state index contributed by atoms with van der Waals surface area (Å²) in [6, 6.07) is 22.7. The highest BCUT2D eigenvalue weighted by Crippen LogP contribution is 2.49. The summed E-state index contributed by atoms with van der Waals surface area (Å²) in [7, 11) is -7.96. The lowest BCUT2D eigenvalue weighted by Gasteiger charge is -2.45. The number of amides is 2. The van der Waals surface area contributed by atoms with E-state index in [2.05, 4.69) is 43.5 Å². The molecule has 2 spiro atoms. The molecule has 440 valence electrons. The van der Waals surface area contributed by atoms with E-state index >= 15 is 0 Å². The van der Waals surface area contributed by atoms with Gasteiger partial charge in [0.05, 0.1) is 46.3 Å². The van der Waals surface area contributed by atoms with Crippen molar-refractivity contribution >= 4 is 66.4 Å². The molecule has 12 rings (SSSR count). The highest BCUT2D eigenvalue weighted by molar-refractivity contribution is 7.91. The van der Waals surface area contributed by atoms with Crippen LogP contribution in [0.1, 0.15) is 148 Å². The Morgan fingerprint density at radius 3 is 1.37 bits per heavy atom. The molecular weight excluding hydrogens is 1120 g/mol. The first kappa shape index (κ1) is 58.7. The minimum Gasteiger partial charge on any atom is -0.490 e. The molecule has 8 aliphatic rings. The third kappa shape index (κ3) is 11.5. The van der Waals surface area contributed by atoms with Crippen molar-refractivity contribution in [1.82, 2.24) is 9.44 Å². The van der Waals surface area contributed by atoms with Gasteiger partial charge in [0.25, 0.3) is 11.8 Å². The number of nitrogens with one attached hydrogen (secondary N) is 2. The van der Waals surface area contributed by atoms with E-state index < -0.39 is 53.6 Å². The zero-order chi connectivity index (χ0) is 58.0. The number of ether oxygens (including phenoxy) is 2. The second-order valence-corrected chi connectivity index (χ2v) is 31.4. The van der Waals surface area contributed by atoms with Crippen LogP contribution in [0, 0.1) is 23.7 Å². The Balaban J connectivity index is 0.000000172. The molecule has 4 N–H and O–H groups in total. The maximum absolute atomic E-state index is 13.3. The van der Waals surface area contributed by atoms with Gasteiger partial charge in [-0.2, -0.15) is 0 Å². The average molecular weight is 1200 g/mol. The second-order valence-electron chi connectivity index (χ2n) is 25.9. The number of rotatable bonds is 0. The van der Waals surface area contributed by atoms with E-state index in [0.29, 0.717) is 62.5 Å². The number of carbonyl (C=O) groups is 2.